The average Bonchev–Trinajstić information content (AvgIpc) is 2.81. The van der Waals surface area contributed by atoms with E-state index in [-0.39, 0.29) is 0 Å². The number of allylic oxidation sites excluding steroid dienone is 4. The summed E-state index contributed by atoms with van der Waals surface area (Å²) in [6, 6.07) is 6.47. The quantitative estimate of drug-likeness (QED) is 0.329. The van der Waals surface area contributed by atoms with E-state index in [1.54, 1.807) is 0 Å². The minimum Gasteiger partial charge on any atom is -0.106 e. The van der Waals surface area contributed by atoms with Gasteiger partial charge in [-0.2, -0.15) is 0 Å². The number of hydrogen-bond acceptors (Lipinski definition) is 0. The van der Waals surface area contributed by atoms with Gasteiger partial charge in [0.15, 0.2) is 0 Å². The molecule has 182 valence electrons. The van der Waals surface area contributed by atoms with E-state index in [1.165, 1.54) is 47.1 Å². The largest absolute Gasteiger partial charge is 0.106 e. The van der Waals surface area contributed by atoms with Crippen LogP contribution in [0.5, 0.6) is 0 Å². The van der Waals surface area contributed by atoms with Gasteiger partial charge in [0.25, 0.3) is 0 Å². The van der Waals surface area contributed by atoms with Gasteiger partial charge in [0.1, 0.15) is 0 Å². The van der Waals surface area contributed by atoms with Gasteiger partial charge in [-0.25, -0.2) is 0 Å². The van der Waals surface area contributed by atoms with E-state index in [0.29, 0.717) is 0 Å². The van der Waals surface area contributed by atoms with E-state index in [4.69, 9.17) is 0 Å². The molecule has 0 radical (unpaired) electrons. The van der Waals surface area contributed by atoms with Crippen LogP contribution in [0.4, 0.5) is 0 Å². The maximum absolute atomic E-state index is 4.05. The van der Waals surface area contributed by atoms with Gasteiger partial charge in [-0.05, 0) is 44.4 Å². The molecule has 1 rings (SSSR count). The second-order valence-electron chi connectivity index (χ2n) is 6.15. The van der Waals surface area contributed by atoms with Crippen LogP contribution in [0.1, 0.15) is 112 Å². The number of unbranched alkanes of at least 4 members (excludes halogenated alkanes) is 1. The summed E-state index contributed by atoms with van der Waals surface area (Å²) in [5, 5.41) is 0. The SMILES string of the molecule is C=C.C=C.C=CC(=C(C)C)c1ccc(C)cc1C(=C)C.CC.CC.CCC.CCCC. The van der Waals surface area contributed by atoms with Crippen molar-refractivity contribution in [3.8, 4) is 0 Å². The predicted molar refractivity (Wildman–Crippen MR) is 156 cm³/mol. The van der Waals surface area contributed by atoms with Crippen molar-refractivity contribution in [3.63, 3.8) is 0 Å². The van der Waals surface area contributed by atoms with E-state index in [9.17, 15) is 0 Å². The van der Waals surface area contributed by atoms with E-state index in [2.05, 4.69) is 106 Å². The number of hydrogen-bond donors (Lipinski definition) is 0. The first-order valence-corrected chi connectivity index (χ1v) is 11.9. The smallest absolute Gasteiger partial charge is 0.0110 e. The van der Waals surface area contributed by atoms with Crippen molar-refractivity contribution in [2.75, 3.05) is 0 Å². The molecule has 0 unspecified atom stereocenters. The van der Waals surface area contributed by atoms with Crippen molar-refractivity contribution in [2.45, 2.75) is 102 Å². The fraction of sp³-hybridized carbons (Fsp3) is 0.484. The third-order valence-electron chi connectivity index (χ3n) is 3.17. The third kappa shape index (κ3) is 27.9. The highest BCUT2D eigenvalue weighted by molar-refractivity contribution is 5.84. The molecular formula is C31H58. The Balaban J connectivity index is -0.0000000867. The summed E-state index contributed by atoms with van der Waals surface area (Å²) >= 11 is 0. The molecule has 0 aromatic heterocycles. The summed E-state index contributed by atoms with van der Waals surface area (Å²) in [6.07, 6.45) is 5.81. The molecule has 0 fully saturated rings. The molecule has 31 heavy (non-hydrogen) atoms. The molecule has 1 aromatic carbocycles. The molecule has 0 spiro atoms. The van der Waals surface area contributed by atoms with Gasteiger partial charge in [-0.1, -0.05) is 129 Å². The molecule has 0 nitrogen and oxygen atoms in total. The van der Waals surface area contributed by atoms with Crippen LogP contribution in [0.25, 0.3) is 11.1 Å². The Kier molecular flexibility index (Phi) is 53.3. The lowest BCUT2D eigenvalue weighted by Gasteiger charge is -2.13. The Morgan fingerprint density at radius 1 is 0.774 bits per heavy atom. The zero-order chi connectivity index (χ0) is 26.4. The lowest BCUT2D eigenvalue weighted by Crippen LogP contribution is -1.92. The van der Waals surface area contributed by atoms with Gasteiger partial charge in [-0.15, -0.1) is 26.3 Å². The normalized spacial score (nSPS) is 7.23. The van der Waals surface area contributed by atoms with E-state index in [0.717, 1.165) is 5.57 Å². The molecule has 0 heteroatoms. The van der Waals surface area contributed by atoms with Crippen LogP contribution in [0, 0.1) is 6.92 Å². The fourth-order valence-corrected chi connectivity index (χ4v) is 1.83. The molecule has 0 aliphatic heterocycles. The van der Waals surface area contributed by atoms with Gasteiger partial charge < -0.3 is 0 Å². The lowest BCUT2D eigenvalue weighted by atomic mass is 9.92. The molecule has 0 bridgehead atoms. The van der Waals surface area contributed by atoms with Crippen LogP contribution in [-0.4, -0.2) is 0 Å². The van der Waals surface area contributed by atoms with Crippen LogP contribution >= 0.6 is 0 Å². The Morgan fingerprint density at radius 3 is 1.35 bits per heavy atom. The Hall–Kier alpha value is -2.08. The van der Waals surface area contributed by atoms with Crippen molar-refractivity contribution < 1.29 is 0 Å². The number of aryl methyl sites for hydroxylation is 1. The number of rotatable bonds is 4. The Labute approximate surface area is 199 Å². The van der Waals surface area contributed by atoms with E-state index < -0.39 is 0 Å². The molecule has 0 saturated heterocycles. The summed E-state index contributed by atoms with van der Waals surface area (Å²) in [5.41, 5.74) is 7.29. The van der Waals surface area contributed by atoms with Crippen molar-refractivity contribution in [1.82, 2.24) is 0 Å². The van der Waals surface area contributed by atoms with Crippen molar-refractivity contribution in [3.05, 3.63) is 86.0 Å². The minimum absolute atomic E-state index is 1.10. The first-order chi connectivity index (χ1) is 14.8. The summed E-state index contributed by atoms with van der Waals surface area (Å²) in [5.74, 6) is 0. The lowest BCUT2D eigenvalue weighted by molar-refractivity contribution is 0.886. The highest BCUT2D eigenvalue weighted by Crippen LogP contribution is 2.28. The molecule has 1 aromatic rings. The second-order valence-corrected chi connectivity index (χ2v) is 6.15. The van der Waals surface area contributed by atoms with Gasteiger partial charge in [0.2, 0.25) is 0 Å². The monoisotopic (exact) mass is 430 g/mol. The van der Waals surface area contributed by atoms with Crippen LogP contribution in [0.2, 0.25) is 0 Å². The van der Waals surface area contributed by atoms with Gasteiger partial charge in [0.05, 0.1) is 0 Å². The van der Waals surface area contributed by atoms with Crippen LogP contribution in [0.3, 0.4) is 0 Å². The Bertz CT molecular complexity index is 521. The van der Waals surface area contributed by atoms with E-state index in [1.807, 2.05) is 40.7 Å². The summed E-state index contributed by atoms with van der Waals surface area (Å²) in [7, 11) is 0. The second kappa shape index (κ2) is 38.5. The molecule has 0 amide bonds. The summed E-state index contributed by atoms with van der Waals surface area (Å²) < 4.78 is 0. The Morgan fingerprint density at radius 2 is 1.13 bits per heavy atom. The highest BCUT2D eigenvalue weighted by Gasteiger charge is 2.07. The predicted octanol–water partition coefficient (Wildman–Crippen LogP) is 11.9. The summed E-state index contributed by atoms with van der Waals surface area (Å²) in [4.78, 5) is 0. The molecule has 0 N–H and O–H groups in total. The zero-order valence-corrected chi connectivity index (χ0v) is 23.7. The summed E-state index contributed by atoms with van der Waals surface area (Å²) in [6.45, 7) is 44.9. The maximum atomic E-state index is 4.05. The van der Waals surface area contributed by atoms with Gasteiger partial charge in [-0.3, -0.25) is 0 Å². The van der Waals surface area contributed by atoms with Crippen molar-refractivity contribution in [1.29, 1.82) is 0 Å². The highest BCUT2D eigenvalue weighted by atomic mass is 14.1. The van der Waals surface area contributed by atoms with Gasteiger partial charge >= 0.3 is 0 Å². The van der Waals surface area contributed by atoms with Crippen molar-refractivity contribution in [2.24, 2.45) is 0 Å². The minimum atomic E-state index is 1.10. The van der Waals surface area contributed by atoms with Crippen LogP contribution in [0.15, 0.2) is 69.3 Å². The molecule has 0 heterocycles. The number of benzene rings is 1. The van der Waals surface area contributed by atoms with E-state index >= 15 is 0 Å². The molecule has 0 aliphatic carbocycles. The average molecular weight is 431 g/mol. The zero-order valence-electron chi connectivity index (χ0n) is 23.7. The van der Waals surface area contributed by atoms with Crippen LogP contribution < -0.4 is 0 Å². The molecule has 0 atom stereocenters. The van der Waals surface area contributed by atoms with Crippen LogP contribution in [-0.2, 0) is 0 Å². The molecule has 0 saturated carbocycles. The third-order valence-corrected chi connectivity index (χ3v) is 3.17. The van der Waals surface area contributed by atoms with Crippen molar-refractivity contribution >= 4 is 11.1 Å². The van der Waals surface area contributed by atoms with Gasteiger partial charge in [0, 0.05) is 0 Å². The fourth-order valence-electron chi connectivity index (χ4n) is 1.83. The standard InChI is InChI=1S/C16H20.C4H10.C3H8.2C2H6.2C2H4/c1-7-14(11(2)3)15-9-8-13(6)10-16(15)12(4)5;1-3-4-2;1-3-2;4*1-2/h7-10H,1,4H2,2-3,5-6H3;3-4H2,1-2H3;3H2,1-2H3;2*1-2H3;2*1-2H2. The maximum Gasteiger partial charge on any atom is -0.0110 e. The molecular weight excluding hydrogens is 372 g/mol. The molecule has 0 aliphatic rings. The topological polar surface area (TPSA) is 0 Å². The first kappa shape index (κ1) is 42.9. The first-order valence-electron chi connectivity index (χ1n) is 11.9.